The predicted octanol–water partition coefficient (Wildman–Crippen LogP) is 1.51. The molecule has 1 N–H and O–H groups in total. The second-order valence-electron chi connectivity index (χ2n) is 6.77. The molecular weight excluding hydrogens is 394 g/mol. The number of fused-ring (bicyclic) bond motifs is 1. The summed E-state index contributed by atoms with van der Waals surface area (Å²) in [5.74, 6) is 0.337. The molecule has 1 aromatic carbocycles. The average molecular weight is 411 g/mol. The van der Waals surface area contributed by atoms with Crippen molar-refractivity contribution in [3.05, 3.63) is 41.7 Å². The molecule has 3 aliphatic rings. The van der Waals surface area contributed by atoms with Crippen LogP contribution in [0.25, 0.3) is 6.08 Å². The van der Waals surface area contributed by atoms with Crippen molar-refractivity contribution in [1.82, 2.24) is 5.32 Å². The number of benzene rings is 1. The van der Waals surface area contributed by atoms with Crippen molar-refractivity contribution >= 4 is 35.5 Å². The Labute approximate surface area is 170 Å². The Morgan fingerprint density at radius 3 is 2.60 bits per heavy atom. The highest BCUT2D eigenvalue weighted by molar-refractivity contribution is 6.39. The van der Waals surface area contributed by atoms with Crippen molar-refractivity contribution in [3.63, 3.8) is 0 Å². The number of morpholine rings is 1. The van der Waals surface area contributed by atoms with Gasteiger partial charge >= 0.3 is 6.03 Å². The highest BCUT2D eigenvalue weighted by Gasteiger charge is 2.37. The second kappa shape index (κ2) is 7.23. The zero-order valence-electron chi connectivity index (χ0n) is 15.8. The standard InChI is InChI=1S/C20H17N3O7/c24-18-14(10-13-2-4-17(30-13)22-5-7-27-8-6-22)19(25)23(20(26)21-18)12-1-3-15-16(9-12)29-11-28-15/h1-4,9-10H,5-8,11H2,(H,21,24,26)/b14-10+. The Balaban J connectivity index is 1.43. The van der Waals surface area contributed by atoms with E-state index in [1.165, 1.54) is 12.1 Å². The predicted molar refractivity (Wildman–Crippen MR) is 103 cm³/mol. The summed E-state index contributed by atoms with van der Waals surface area (Å²) in [6.45, 7) is 2.65. The number of carbonyl (C=O) groups excluding carboxylic acids is 3. The molecule has 0 unspecified atom stereocenters. The van der Waals surface area contributed by atoms with Crippen LogP contribution in [0.5, 0.6) is 11.5 Å². The number of ether oxygens (including phenoxy) is 3. The third kappa shape index (κ3) is 3.16. The number of rotatable bonds is 3. The van der Waals surface area contributed by atoms with E-state index in [0.29, 0.717) is 49.4 Å². The molecule has 0 saturated carbocycles. The van der Waals surface area contributed by atoms with E-state index in [1.54, 1.807) is 24.3 Å². The Morgan fingerprint density at radius 2 is 1.77 bits per heavy atom. The van der Waals surface area contributed by atoms with Crippen LogP contribution in [-0.2, 0) is 14.3 Å². The van der Waals surface area contributed by atoms with Gasteiger partial charge in [-0.3, -0.25) is 14.9 Å². The summed E-state index contributed by atoms with van der Waals surface area (Å²) in [5, 5.41) is 2.18. The van der Waals surface area contributed by atoms with E-state index in [0.717, 1.165) is 4.90 Å². The minimum Gasteiger partial charge on any atom is -0.454 e. The number of nitrogens with one attached hydrogen (secondary N) is 1. The van der Waals surface area contributed by atoms with Crippen molar-refractivity contribution in [1.29, 1.82) is 0 Å². The van der Waals surface area contributed by atoms with Gasteiger partial charge in [-0.2, -0.15) is 0 Å². The van der Waals surface area contributed by atoms with Gasteiger partial charge in [0, 0.05) is 25.2 Å². The maximum atomic E-state index is 13.0. The maximum absolute atomic E-state index is 13.0. The molecule has 0 bridgehead atoms. The Hall–Kier alpha value is -3.79. The number of hydrogen-bond donors (Lipinski definition) is 1. The van der Waals surface area contributed by atoms with Gasteiger partial charge in [-0.25, -0.2) is 9.69 Å². The fourth-order valence-electron chi connectivity index (χ4n) is 3.43. The van der Waals surface area contributed by atoms with Gasteiger partial charge in [-0.05, 0) is 24.3 Å². The molecule has 10 heteroatoms. The zero-order valence-corrected chi connectivity index (χ0v) is 15.8. The van der Waals surface area contributed by atoms with Gasteiger partial charge in [0.25, 0.3) is 11.8 Å². The first-order chi connectivity index (χ1) is 14.6. The summed E-state index contributed by atoms with van der Waals surface area (Å²) in [4.78, 5) is 40.6. The van der Waals surface area contributed by atoms with Crippen molar-refractivity contribution in [2.45, 2.75) is 0 Å². The van der Waals surface area contributed by atoms with Gasteiger partial charge in [0.2, 0.25) is 6.79 Å². The SMILES string of the molecule is O=C1NC(=O)N(c2ccc3c(c2)OCO3)C(=O)/C1=C/c1ccc(N2CCOCC2)o1. The third-order valence-electron chi connectivity index (χ3n) is 4.94. The minimum absolute atomic E-state index is 0.0620. The lowest BCUT2D eigenvalue weighted by Crippen LogP contribution is -2.54. The van der Waals surface area contributed by atoms with Crippen LogP contribution in [0.1, 0.15) is 5.76 Å². The second-order valence-corrected chi connectivity index (χ2v) is 6.77. The van der Waals surface area contributed by atoms with Crippen molar-refractivity contribution < 1.29 is 33.0 Å². The van der Waals surface area contributed by atoms with E-state index in [-0.39, 0.29) is 18.1 Å². The Bertz CT molecular complexity index is 1070. The number of imide groups is 2. The molecular formula is C20H17N3O7. The lowest BCUT2D eigenvalue weighted by atomic mass is 10.1. The number of hydrogen-bond acceptors (Lipinski definition) is 8. The van der Waals surface area contributed by atoms with Gasteiger partial charge in [0.15, 0.2) is 17.4 Å². The van der Waals surface area contributed by atoms with Gasteiger partial charge in [-0.15, -0.1) is 0 Å². The molecule has 2 fully saturated rings. The van der Waals surface area contributed by atoms with Crippen LogP contribution in [-0.4, -0.2) is 50.9 Å². The number of carbonyl (C=O) groups is 3. The third-order valence-corrected chi connectivity index (χ3v) is 4.94. The molecule has 1 aromatic heterocycles. The van der Waals surface area contributed by atoms with E-state index >= 15 is 0 Å². The molecule has 0 atom stereocenters. The van der Waals surface area contributed by atoms with Gasteiger partial charge < -0.3 is 23.5 Å². The van der Waals surface area contributed by atoms with Gasteiger partial charge in [0.05, 0.1) is 18.9 Å². The minimum atomic E-state index is -0.838. The largest absolute Gasteiger partial charge is 0.454 e. The topological polar surface area (TPSA) is 111 Å². The molecule has 30 heavy (non-hydrogen) atoms. The van der Waals surface area contributed by atoms with E-state index in [1.807, 2.05) is 4.90 Å². The number of amides is 4. The van der Waals surface area contributed by atoms with E-state index < -0.39 is 17.8 Å². The van der Waals surface area contributed by atoms with Crippen molar-refractivity contribution in [2.75, 3.05) is 42.9 Å². The lowest BCUT2D eigenvalue weighted by Gasteiger charge is -2.26. The maximum Gasteiger partial charge on any atom is 0.335 e. The highest BCUT2D eigenvalue weighted by atomic mass is 16.7. The van der Waals surface area contributed by atoms with Crippen LogP contribution in [0.15, 0.2) is 40.3 Å². The van der Waals surface area contributed by atoms with Crippen molar-refractivity contribution in [3.8, 4) is 11.5 Å². The fourth-order valence-corrected chi connectivity index (χ4v) is 3.43. The van der Waals surface area contributed by atoms with Crippen LogP contribution in [0, 0.1) is 0 Å². The summed E-state index contributed by atoms with van der Waals surface area (Å²) in [6.07, 6.45) is 1.33. The normalized spacial score (nSPS) is 20.1. The molecule has 4 heterocycles. The number of anilines is 2. The van der Waals surface area contributed by atoms with E-state index in [9.17, 15) is 14.4 Å². The molecule has 2 aromatic rings. The molecule has 0 spiro atoms. The van der Waals surface area contributed by atoms with Crippen LogP contribution in [0.4, 0.5) is 16.4 Å². The molecule has 154 valence electrons. The van der Waals surface area contributed by atoms with Gasteiger partial charge in [0.1, 0.15) is 11.3 Å². The van der Waals surface area contributed by atoms with Crippen LogP contribution < -0.4 is 24.6 Å². The number of furan rings is 1. The molecule has 5 rings (SSSR count). The molecule has 4 amide bonds. The van der Waals surface area contributed by atoms with Crippen LogP contribution in [0.3, 0.4) is 0 Å². The first-order valence-electron chi connectivity index (χ1n) is 9.34. The zero-order chi connectivity index (χ0) is 20.7. The van der Waals surface area contributed by atoms with E-state index in [2.05, 4.69) is 5.32 Å². The molecule has 3 aliphatic heterocycles. The Kier molecular flexibility index (Phi) is 4.40. The molecule has 0 aliphatic carbocycles. The molecule has 10 nitrogen and oxygen atoms in total. The highest BCUT2D eigenvalue weighted by Crippen LogP contribution is 2.36. The summed E-state index contributed by atoms with van der Waals surface area (Å²) in [7, 11) is 0. The Morgan fingerprint density at radius 1 is 0.967 bits per heavy atom. The monoisotopic (exact) mass is 411 g/mol. The average Bonchev–Trinajstić information content (AvgIpc) is 3.41. The fraction of sp³-hybridized carbons (Fsp3) is 0.250. The van der Waals surface area contributed by atoms with Gasteiger partial charge in [-0.1, -0.05) is 0 Å². The molecule has 2 saturated heterocycles. The summed E-state index contributed by atoms with van der Waals surface area (Å²) >= 11 is 0. The number of urea groups is 1. The first kappa shape index (κ1) is 18.3. The summed E-state index contributed by atoms with van der Waals surface area (Å²) < 4.78 is 21.6. The smallest absolute Gasteiger partial charge is 0.335 e. The van der Waals surface area contributed by atoms with Crippen molar-refractivity contribution in [2.24, 2.45) is 0 Å². The quantitative estimate of drug-likeness (QED) is 0.598. The number of barbiturate groups is 1. The number of nitrogens with zero attached hydrogens (tertiary/aromatic N) is 2. The van der Waals surface area contributed by atoms with Crippen LogP contribution >= 0.6 is 0 Å². The summed E-state index contributed by atoms with van der Waals surface area (Å²) in [6, 6.07) is 7.25. The van der Waals surface area contributed by atoms with E-state index in [4.69, 9.17) is 18.6 Å². The molecule has 0 radical (unpaired) electrons. The summed E-state index contributed by atoms with van der Waals surface area (Å²) in [5.41, 5.74) is 0.0451. The van der Waals surface area contributed by atoms with Crippen LogP contribution in [0.2, 0.25) is 0 Å². The lowest BCUT2D eigenvalue weighted by molar-refractivity contribution is -0.122. The first-order valence-corrected chi connectivity index (χ1v) is 9.34.